The topological polar surface area (TPSA) is 87.8 Å². The van der Waals surface area contributed by atoms with E-state index in [9.17, 15) is 15.2 Å². The first-order valence-electron chi connectivity index (χ1n) is 7.25. The Morgan fingerprint density at radius 1 is 1.25 bits per heavy atom. The summed E-state index contributed by atoms with van der Waals surface area (Å²) in [5.74, 6) is 0.181. The molecule has 0 spiro atoms. The van der Waals surface area contributed by atoms with E-state index in [1.54, 1.807) is 18.2 Å². The highest BCUT2D eigenvalue weighted by Gasteiger charge is 2.20. The number of hydrazone groups is 1. The summed E-state index contributed by atoms with van der Waals surface area (Å²) in [5.41, 5.74) is 4.60. The van der Waals surface area contributed by atoms with Crippen LogP contribution in [-0.4, -0.2) is 16.2 Å². The Labute approximate surface area is 148 Å². The van der Waals surface area contributed by atoms with Gasteiger partial charge in [0.15, 0.2) is 0 Å². The molecule has 0 aliphatic carbocycles. The Morgan fingerprint density at radius 3 is 2.42 bits per heavy atom. The first kappa shape index (κ1) is 17.9. The Bertz CT molecular complexity index is 781. The molecule has 0 aliphatic rings. The molecule has 6 nitrogen and oxygen atoms in total. The van der Waals surface area contributed by atoms with E-state index in [1.165, 1.54) is 18.3 Å². The van der Waals surface area contributed by atoms with Gasteiger partial charge >= 0.3 is 0 Å². The fourth-order valence-corrected chi connectivity index (χ4v) is 2.60. The van der Waals surface area contributed by atoms with Crippen LogP contribution in [0.4, 0.5) is 11.4 Å². The quantitative estimate of drug-likeness (QED) is 0.444. The second-order valence-corrected chi connectivity index (χ2v) is 7.23. The maximum absolute atomic E-state index is 10.6. The van der Waals surface area contributed by atoms with Crippen molar-refractivity contribution in [2.75, 3.05) is 5.43 Å². The van der Waals surface area contributed by atoms with Crippen LogP contribution in [0.3, 0.4) is 0 Å². The van der Waals surface area contributed by atoms with Crippen molar-refractivity contribution < 1.29 is 10.0 Å². The molecule has 7 heteroatoms. The molecule has 0 bridgehead atoms. The number of nitro groups is 1. The van der Waals surface area contributed by atoms with Gasteiger partial charge in [0.25, 0.3) is 5.69 Å². The van der Waals surface area contributed by atoms with E-state index in [0.717, 1.165) is 10.0 Å². The number of rotatable bonds is 4. The van der Waals surface area contributed by atoms with Gasteiger partial charge in [0, 0.05) is 27.7 Å². The smallest absolute Gasteiger partial charge is 0.269 e. The minimum atomic E-state index is -0.458. The Morgan fingerprint density at radius 2 is 1.88 bits per heavy atom. The monoisotopic (exact) mass is 391 g/mol. The van der Waals surface area contributed by atoms with Crippen molar-refractivity contribution in [3.63, 3.8) is 0 Å². The molecular weight excluding hydrogens is 374 g/mol. The third kappa shape index (κ3) is 4.32. The molecule has 0 amide bonds. The minimum absolute atomic E-state index is 0.0176. The lowest BCUT2D eigenvalue weighted by molar-refractivity contribution is -0.384. The lowest BCUT2D eigenvalue weighted by atomic mass is 9.85. The van der Waals surface area contributed by atoms with E-state index < -0.39 is 4.92 Å². The van der Waals surface area contributed by atoms with Gasteiger partial charge in [-0.15, -0.1) is 0 Å². The molecule has 0 atom stereocenters. The van der Waals surface area contributed by atoms with Crippen LogP contribution in [0.15, 0.2) is 46.0 Å². The van der Waals surface area contributed by atoms with Gasteiger partial charge in [-0.3, -0.25) is 15.5 Å². The van der Waals surface area contributed by atoms with Crippen LogP contribution < -0.4 is 5.43 Å². The molecule has 0 fully saturated rings. The molecule has 0 aliphatic heterocycles. The molecule has 24 heavy (non-hydrogen) atoms. The van der Waals surface area contributed by atoms with Crippen LogP contribution >= 0.6 is 15.9 Å². The van der Waals surface area contributed by atoms with Gasteiger partial charge in [-0.25, -0.2) is 0 Å². The van der Waals surface area contributed by atoms with Gasteiger partial charge in [0.1, 0.15) is 5.75 Å². The van der Waals surface area contributed by atoms with Crippen molar-refractivity contribution in [2.24, 2.45) is 5.10 Å². The third-order valence-electron chi connectivity index (χ3n) is 3.39. The van der Waals surface area contributed by atoms with Gasteiger partial charge in [0.2, 0.25) is 0 Å². The number of halogens is 1. The summed E-state index contributed by atoms with van der Waals surface area (Å²) in [5, 5.41) is 25.1. The summed E-state index contributed by atoms with van der Waals surface area (Å²) in [7, 11) is 0. The average molecular weight is 392 g/mol. The van der Waals surface area contributed by atoms with Crippen LogP contribution in [-0.2, 0) is 5.41 Å². The molecule has 2 N–H and O–H groups in total. The van der Waals surface area contributed by atoms with Crippen LogP contribution in [0.1, 0.15) is 31.9 Å². The van der Waals surface area contributed by atoms with Crippen LogP contribution in [0, 0.1) is 10.1 Å². The van der Waals surface area contributed by atoms with Crippen molar-refractivity contribution in [1.29, 1.82) is 0 Å². The third-order valence-corrected chi connectivity index (χ3v) is 3.85. The Balaban J connectivity index is 2.20. The molecule has 2 aromatic carbocycles. The lowest BCUT2D eigenvalue weighted by Crippen LogP contribution is -2.12. The highest BCUT2D eigenvalue weighted by molar-refractivity contribution is 9.10. The number of nitro benzene ring substituents is 1. The largest absolute Gasteiger partial charge is 0.507 e. The van der Waals surface area contributed by atoms with Crippen molar-refractivity contribution in [3.05, 3.63) is 62.1 Å². The first-order valence-corrected chi connectivity index (χ1v) is 8.04. The van der Waals surface area contributed by atoms with E-state index in [2.05, 4.69) is 26.5 Å². The number of phenolic OH excluding ortho intramolecular Hbond substituents is 1. The average Bonchev–Trinajstić information content (AvgIpc) is 2.49. The number of nitrogens with zero attached hydrogens (tertiary/aromatic N) is 2. The summed E-state index contributed by atoms with van der Waals surface area (Å²) in [6, 6.07) is 9.58. The van der Waals surface area contributed by atoms with E-state index >= 15 is 0 Å². The van der Waals surface area contributed by atoms with E-state index in [-0.39, 0.29) is 16.9 Å². The standard InChI is InChI=1S/C17H18BrN3O3/c1-17(2,3)15-9-12(18)8-11(16(15)22)10-19-20-13-4-6-14(7-5-13)21(23)24/h4-10,20,22H,1-3H3/b19-10+. The number of nitrogens with one attached hydrogen (secondary N) is 1. The maximum Gasteiger partial charge on any atom is 0.269 e. The summed E-state index contributed by atoms with van der Waals surface area (Å²) < 4.78 is 0.849. The molecule has 0 heterocycles. The zero-order chi connectivity index (χ0) is 17.9. The minimum Gasteiger partial charge on any atom is -0.507 e. The second kappa shape index (κ2) is 7.00. The molecule has 0 unspecified atom stereocenters. The Kier molecular flexibility index (Phi) is 5.23. The van der Waals surface area contributed by atoms with Crippen molar-refractivity contribution in [2.45, 2.75) is 26.2 Å². The maximum atomic E-state index is 10.6. The SMILES string of the molecule is CC(C)(C)c1cc(Br)cc(/C=N/Nc2ccc([N+](=O)[O-])cc2)c1O. The number of non-ortho nitro benzene ring substituents is 1. The number of aromatic hydroxyl groups is 1. The molecule has 126 valence electrons. The molecule has 0 saturated heterocycles. The molecule has 2 aromatic rings. The predicted molar refractivity (Wildman–Crippen MR) is 98.8 cm³/mol. The van der Waals surface area contributed by atoms with Crippen molar-refractivity contribution >= 4 is 33.5 Å². The second-order valence-electron chi connectivity index (χ2n) is 6.32. The first-order chi connectivity index (χ1) is 11.2. The number of phenols is 1. The normalized spacial score (nSPS) is 11.7. The number of benzene rings is 2. The van der Waals surface area contributed by atoms with Crippen molar-refractivity contribution in [1.82, 2.24) is 0 Å². The lowest BCUT2D eigenvalue weighted by Gasteiger charge is -2.21. The fraction of sp³-hybridized carbons (Fsp3) is 0.235. The number of hydrogen-bond donors (Lipinski definition) is 2. The van der Waals surface area contributed by atoms with Crippen LogP contribution in [0.5, 0.6) is 5.75 Å². The van der Waals surface area contributed by atoms with Crippen molar-refractivity contribution in [3.8, 4) is 5.75 Å². The molecular formula is C17H18BrN3O3. The zero-order valence-corrected chi connectivity index (χ0v) is 15.2. The van der Waals surface area contributed by atoms with Gasteiger partial charge in [-0.05, 0) is 29.7 Å². The number of anilines is 1. The number of hydrogen-bond acceptors (Lipinski definition) is 5. The van der Waals surface area contributed by atoms with Gasteiger partial charge < -0.3 is 5.11 Å². The highest BCUT2D eigenvalue weighted by Crippen LogP contribution is 2.35. The van der Waals surface area contributed by atoms with Gasteiger partial charge in [0.05, 0.1) is 16.8 Å². The Hall–Kier alpha value is -2.41. The zero-order valence-electron chi connectivity index (χ0n) is 13.6. The summed E-state index contributed by atoms with van der Waals surface area (Å²) in [4.78, 5) is 10.2. The van der Waals surface area contributed by atoms with Gasteiger partial charge in [-0.1, -0.05) is 36.7 Å². The van der Waals surface area contributed by atoms with E-state index in [4.69, 9.17) is 0 Å². The summed E-state index contributed by atoms with van der Waals surface area (Å²) in [6.45, 7) is 6.06. The van der Waals surface area contributed by atoms with Crippen LogP contribution in [0.25, 0.3) is 0 Å². The highest BCUT2D eigenvalue weighted by atomic mass is 79.9. The van der Waals surface area contributed by atoms with Gasteiger partial charge in [-0.2, -0.15) is 5.10 Å². The van der Waals surface area contributed by atoms with Crippen LogP contribution in [0.2, 0.25) is 0 Å². The molecule has 0 radical (unpaired) electrons. The predicted octanol–water partition coefficient (Wildman–Crippen LogP) is 4.81. The summed E-state index contributed by atoms with van der Waals surface area (Å²) in [6.07, 6.45) is 1.51. The molecule has 0 saturated carbocycles. The molecule has 2 rings (SSSR count). The fourth-order valence-electron chi connectivity index (χ4n) is 2.12. The van der Waals surface area contributed by atoms with E-state index in [0.29, 0.717) is 11.3 Å². The summed E-state index contributed by atoms with van der Waals surface area (Å²) >= 11 is 3.44. The molecule has 0 aromatic heterocycles. The van der Waals surface area contributed by atoms with E-state index in [1.807, 2.05) is 26.8 Å².